The van der Waals surface area contributed by atoms with Gasteiger partial charge in [-0.2, -0.15) is 5.10 Å². The molecule has 0 unspecified atom stereocenters. The Morgan fingerprint density at radius 1 is 0.939 bits per heavy atom. The molecule has 166 valence electrons. The largest absolute Gasteiger partial charge is 0.497 e. The summed E-state index contributed by atoms with van der Waals surface area (Å²) in [6, 6.07) is 19.9. The van der Waals surface area contributed by atoms with Gasteiger partial charge in [0, 0.05) is 28.9 Å². The van der Waals surface area contributed by atoms with E-state index in [0.29, 0.717) is 11.5 Å². The molecule has 7 nitrogen and oxygen atoms in total. The average Bonchev–Trinajstić information content (AvgIpc) is 3.42. The van der Waals surface area contributed by atoms with Gasteiger partial charge in [-0.05, 0) is 44.2 Å². The van der Waals surface area contributed by atoms with E-state index in [2.05, 4.69) is 23.3 Å². The number of methoxy groups -OCH3 is 2. The Balaban J connectivity index is 1.54. The Kier molecular flexibility index (Phi) is 5.22. The lowest BCUT2D eigenvalue weighted by molar-refractivity contribution is 0.414. The van der Waals surface area contributed by atoms with Crippen molar-refractivity contribution in [1.29, 1.82) is 0 Å². The first-order valence-electron chi connectivity index (χ1n) is 10.6. The molecule has 3 aromatic carbocycles. The van der Waals surface area contributed by atoms with Gasteiger partial charge in [-0.3, -0.25) is 0 Å². The van der Waals surface area contributed by atoms with Crippen molar-refractivity contribution in [2.24, 2.45) is 0 Å². The number of hydrogen-bond acceptors (Lipinski definition) is 6. The van der Waals surface area contributed by atoms with Crippen LogP contribution in [0.4, 0.5) is 11.4 Å². The van der Waals surface area contributed by atoms with Crippen molar-refractivity contribution in [3.05, 3.63) is 78.4 Å². The Morgan fingerprint density at radius 2 is 1.79 bits per heavy atom. The molecule has 5 rings (SSSR count). The van der Waals surface area contributed by atoms with Crippen molar-refractivity contribution < 1.29 is 13.9 Å². The number of nitrogens with one attached hydrogen (secondary N) is 1. The third-order valence-electron chi connectivity index (χ3n) is 5.71. The molecule has 0 atom stereocenters. The summed E-state index contributed by atoms with van der Waals surface area (Å²) in [7, 11) is 3.31. The Labute approximate surface area is 191 Å². The molecule has 0 saturated heterocycles. The number of anilines is 2. The van der Waals surface area contributed by atoms with Gasteiger partial charge < -0.3 is 19.2 Å². The fraction of sp³-hybridized carbons (Fsp3) is 0.154. The molecule has 0 radical (unpaired) electrons. The van der Waals surface area contributed by atoms with E-state index >= 15 is 0 Å². The fourth-order valence-electron chi connectivity index (χ4n) is 4.00. The van der Waals surface area contributed by atoms with Crippen LogP contribution in [0.2, 0.25) is 0 Å². The molecule has 7 heteroatoms. The summed E-state index contributed by atoms with van der Waals surface area (Å²) >= 11 is 0. The van der Waals surface area contributed by atoms with E-state index in [0.717, 1.165) is 50.7 Å². The van der Waals surface area contributed by atoms with E-state index < -0.39 is 0 Å². The number of nitrogens with zero attached hydrogens (tertiary/aromatic N) is 3. The Hall–Kier alpha value is -4.26. The molecule has 0 bridgehead atoms. The second kappa shape index (κ2) is 8.35. The highest BCUT2D eigenvalue weighted by Gasteiger charge is 2.16. The summed E-state index contributed by atoms with van der Waals surface area (Å²) in [4.78, 5) is 4.18. The molecule has 5 aromatic rings. The smallest absolute Gasteiger partial charge is 0.181 e. The SMILES string of the molecule is COc1cccc(-n2nc3c(Nc4ccc(-c5ocnc5C)c(OC)c4)cccc3c2C)c1. The molecule has 0 spiro atoms. The Morgan fingerprint density at radius 3 is 2.55 bits per heavy atom. The summed E-state index contributed by atoms with van der Waals surface area (Å²) in [6.07, 6.45) is 1.44. The molecule has 2 heterocycles. The third-order valence-corrected chi connectivity index (χ3v) is 5.71. The van der Waals surface area contributed by atoms with Gasteiger partial charge in [-0.15, -0.1) is 0 Å². The number of rotatable bonds is 6. The highest BCUT2D eigenvalue weighted by molar-refractivity contribution is 5.94. The third kappa shape index (κ3) is 3.67. The minimum absolute atomic E-state index is 0.699. The quantitative estimate of drug-likeness (QED) is 0.346. The highest BCUT2D eigenvalue weighted by Crippen LogP contribution is 2.36. The predicted octanol–water partition coefficient (Wildman–Crippen LogP) is 6.06. The number of benzene rings is 3. The minimum atomic E-state index is 0.699. The number of hydrogen-bond donors (Lipinski definition) is 1. The van der Waals surface area contributed by atoms with Gasteiger partial charge in [-0.1, -0.05) is 18.2 Å². The number of fused-ring (bicyclic) bond motifs is 1. The molecule has 1 N–H and O–H groups in total. The van der Waals surface area contributed by atoms with Crippen LogP contribution in [-0.4, -0.2) is 29.0 Å². The van der Waals surface area contributed by atoms with Crippen LogP contribution >= 0.6 is 0 Å². The molecule has 2 aromatic heterocycles. The van der Waals surface area contributed by atoms with Crippen molar-refractivity contribution >= 4 is 22.3 Å². The zero-order chi connectivity index (χ0) is 22.9. The van der Waals surface area contributed by atoms with Gasteiger partial charge in [0.25, 0.3) is 0 Å². The summed E-state index contributed by atoms with van der Waals surface area (Å²) in [5.41, 5.74) is 6.34. The van der Waals surface area contributed by atoms with Crippen molar-refractivity contribution in [2.45, 2.75) is 13.8 Å². The summed E-state index contributed by atoms with van der Waals surface area (Å²) in [5.74, 6) is 2.19. The number of oxazole rings is 1. The normalized spacial score (nSPS) is 11.0. The molecule has 0 amide bonds. The minimum Gasteiger partial charge on any atom is -0.497 e. The van der Waals surface area contributed by atoms with Crippen LogP contribution in [0.1, 0.15) is 11.4 Å². The van der Waals surface area contributed by atoms with Crippen molar-refractivity contribution in [1.82, 2.24) is 14.8 Å². The zero-order valence-corrected chi connectivity index (χ0v) is 18.9. The number of ether oxygens (including phenoxy) is 2. The van der Waals surface area contributed by atoms with Crippen LogP contribution < -0.4 is 14.8 Å². The molecule has 0 fully saturated rings. The molecule has 0 aliphatic rings. The topological polar surface area (TPSA) is 74.3 Å². The van der Waals surface area contributed by atoms with E-state index in [-0.39, 0.29) is 0 Å². The lowest BCUT2D eigenvalue weighted by atomic mass is 10.1. The molecular formula is C26H24N4O3. The molecular weight excluding hydrogens is 416 g/mol. The van der Waals surface area contributed by atoms with Gasteiger partial charge in [0.2, 0.25) is 0 Å². The van der Waals surface area contributed by atoms with Gasteiger partial charge in [-0.25, -0.2) is 9.67 Å². The van der Waals surface area contributed by atoms with Crippen LogP contribution in [0.3, 0.4) is 0 Å². The first-order chi connectivity index (χ1) is 16.1. The van der Waals surface area contributed by atoms with E-state index in [1.807, 2.05) is 66.2 Å². The van der Waals surface area contributed by atoms with Gasteiger partial charge in [0.15, 0.2) is 12.2 Å². The lowest BCUT2D eigenvalue weighted by Gasteiger charge is -2.12. The molecule has 0 aliphatic carbocycles. The standard InChI is InChI=1S/C26H24N4O3/c1-16-26(33-15-27-16)22-12-11-18(13-24(22)32-4)28-23-10-6-9-21-17(2)30(29-25(21)23)19-7-5-8-20(14-19)31-3/h5-15,28H,1-4H3. The summed E-state index contributed by atoms with van der Waals surface area (Å²) < 4.78 is 18.5. The van der Waals surface area contributed by atoms with Crippen LogP contribution in [0.5, 0.6) is 11.5 Å². The van der Waals surface area contributed by atoms with E-state index in [4.69, 9.17) is 19.0 Å². The van der Waals surface area contributed by atoms with E-state index in [9.17, 15) is 0 Å². The first kappa shape index (κ1) is 20.6. The monoisotopic (exact) mass is 440 g/mol. The van der Waals surface area contributed by atoms with Crippen LogP contribution in [-0.2, 0) is 0 Å². The van der Waals surface area contributed by atoms with E-state index in [1.165, 1.54) is 6.39 Å². The molecule has 0 aliphatic heterocycles. The van der Waals surface area contributed by atoms with Crippen LogP contribution in [0.25, 0.3) is 27.9 Å². The Bertz CT molecular complexity index is 1450. The van der Waals surface area contributed by atoms with Crippen LogP contribution in [0.15, 0.2) is 71.5 Å². The van der Waals surface area contributed by atoms with Crippen molar-refractivity contribution in [3.8, 4) is 28.5 Å². The maximum absolute atomic E-state index is 5.63. The predicted molar refractivity (Wildman–Crippen MR) is 129 cm³/mol. The van der Waals surface area contributed by atoms with Crippen molar-refractivity contribution in [3.63, 3.8) is 0 Å². The molecule has 33 heavy (non-hydrogen) atoms. The lowest BCUT2D eigenvalue weighted by Crippen LogP contribution is -1.99. The second-order valence-electron chi connectivity index (χ2n) is 7.71. The number of aromatic nitrogens is 3. The van der Waals surface area contributed by atoms with Gasteiger partial charge in [0.05, 0.1) is 36.9 Å². The molecule has 0 saturated carbocycles. The average molecular weight is 441 g/mol. The number of aryl methyl sites for hydroxylation is 2. The van der Waals surface area contributed by atoms with Crippen LogP contribution in [0, 0.1) is 13.8 Å². The maximum atomic E-state index is 5.63. The zero-order valence-electron chi connectivity index (χ0n) is 18.9. The maximum Gasteiger partial charge on any atom is 0.181 e. The highest BCUT2D eigenvalue weighted by atomic mass is 16.5. The second-order valence-corrected chi connectivity index (χ2v) is 7.71. The summed E-state index contributed by atoms with van der Waals surface area (Å²) in [5, 5.41) is 9.48. The van der Waals surface area contributed by atoms with Crippen molar-refractivity contribution in [2.75, 3.05) is 19.5 Å². The van der Waals surface area contributed by atoms with Gasteiger partial charge >= 0.3 is 0 Å². The summed E-state index contributed by atoms with van der Waals surface area (Å²) in [6.45, 7) is 3.97. The first-order valence-corrected chi connectivity index (χ1v) is 10.6. The fourth-order valence-corrected chi connectivity index (χ4v) is 4.00. The van der Waals surface area contributed by atoms with Gasteiger partial charge in [0.1, 0.15) is 17.0 Å². The van der Waals surface area contributed by atoms with E-state index in [1.54, 1.807) is 14.2 Å².